The molecule has 0 aliphatic rings. The van der Waals surface area contributed by atoms with E-state index in [9.17, 15) is 9.18 Å². The van der Waals surface area contributed by atoms with E-state index < -0.39 is 0 Å². The summed E-state index contributed by atoms with van der Waals surface area (Å²) < 4.78 is 20.5. The second-order valence-electron chi connectivity index (χ2n) is 6.80. The van der Waals surface area contributed by atoms with Gasteiger partial charge in [0.25, 0.3) is 11.6 Å². The lowest BCUT2D eigenvalue weighted by molar-refractivity contribution is 0.0939. The van der Waals surface area contributed by atoms with Crippen LogP contribution in [0.4, 0.5) is 4.39 Å². The van der Waals surface area contributed by atoms with Gasteiger partial charge in [0.15, 0.2) is 0 Å². The summed E-state index contributed by atoms with van der Waals surface area (Å²) in [5.74, 6) is -0.627. The minimum Gasteiger partial charge on any atom is -0.344 e. The molecule has 29 heavy (non-hydrogen) atoms. The molecule has 0 spiro atoms. The van der Waals surface area contributed by atoms with Crippen LogP contribution in [0, 0.1) is 12.7 Å². The number of benzene rings is 1. The van der Waals surface area contributed by atoms with Crippen molar-refractivity contribution in [2.45, 2.75) is 33.4 Å². The van der Waals surface area contributed by atoms with Crippen molar-refractivity contribution in [1.82, 2.24) is 25.2 Å². The van der Waals surface area contributed by atoms with E-state index in [2.05, 4.69) is 20.6 Å². The Balaban J connectivity index is 1.75. The van der Waals surface area contributed by atoms with Crippen LogP contribution in [-0.2, 0) is 6.54 Å². The summed E-state index contributed by atoms with van der Waals surface area (Å²) >= 11 is 0. The van der Waals surface area contributed by atoms with E-state index in [0.29, 0.717) is 34.4 Å². The first-order chi connectivity index (χ1) is 14.0. The van der Waals surface area contributed by atoms with E-state index in [1.807, 2.05) is 24.6 Å². The average molecular weight is 393 g/mol. The molecule has 4 aromatic rings. The van der Waals surface area contributed by atoms with Gasteiger partial charge in [0.2, 0.25) is 0 Å². The van der Waals surface area contributed by atoms with Crippen LogP contribution >= 0.6 is 0 Å². The van der Waals surface area contributed by atoms with Crippen LogP contribution in [0.15, 0.2) is 47.1 Å². The quantitative estimate of drug-likeness (QED) is 0.553. The number of rotatable bonds is 5. The first kappa shape index (κ1) is 18.8. The summed E-state index contributed by atoms with van der Waals surface area (Å²) in [6, 6.07) is 9.20. The molecule has 0 aliphatic heterocycles. The smallest absolute Gasteiger partial charge is 0.259 e. The number of carbonyl (C=O) groups is 1. The topological polar surface area (TPSA) is 85.8 Å². The molecule has 1 unspecified atom stereocenters. The molecular weight excluding hydrogens is 373 g/mol. The number of aromatic nitrogens is 4. The van der Waals surface area contributed by atoms with E-state index in [0.717, 1.165) is 5.69 Å². The molecule has 1 aromatic carbocycles. The molecule has 1 atom stereocenters. The largest absolute Gasteiger partial charge is 0.344 e. The van der Waals surface area contributed by atoms with Crippen molar-refractivity contribution in [2.24, 2.45) is 0 Å². The predicted molar refractivity (Wildman–Crippen MR) is 106 cm³/mol. The van der Waals surface area contributed by atoms with Crippen molar-refractivity contribution in [2.75, 3.05) is 0 Å². The summed E-state index contributed by atoms with van der Waals surface area (Å²) in [5.41, 5.74) is 3.30. The fourth-order valence-corrected chi connectivity index (χ4v) is 3.38. The van der Waals surface area contributed by atoms with Crippen LogP contribution in [0.3, 0.4) is 0 Å². The summed E-state index contributed by atoms with van der Waals surface area (Å²) in [6.45, 7) is 6.39. The van der Waals surface area contributed by atoms with Gasteiger partial charge in [-0.25, -0.2) is 9.37 Å². The Morgan fingerprint density at radius 1 is 1.28 bits per heavy atom. The molecule has 4 rings (SSSR count). The van der Waals surface area contributed by atoms with Crippen molar-refractivity contribution < 1.29 is 13.7 Å². The number of hydrogen-bond acceptors (Lipinski definition) is 5. The third kappa shape index (κ3) is 3.49. The van der Waals surface area contributed by atoms with Gasteiger partial charge in [-0.2, -0.15) is 5.10 Å². The van der Waals surface area contributed by atoms with Crippen molar-refractivity contribution >= 4 is 17.0 Å². The molecule has 0 saturated carbocycles. The second-order valence-corrected chi connectivity index (χ2v) is 6.80. The van der Waals surface area contributed by atoms with Crippen LogP contribution in [0.25, 0.3) is 22.4 Å². The number of aryl methyl sites for hydroxylation is 2. The van der Waals surface area contributed by atoms with Crippen molar-refractivity contribution in [3.8, 4) is 11.3 Å². The molecule has 0 saturated heterocycles. The maximum Gasteiger partial charge on any atom is 0.259 e. The number of hydrogen-bond donors (Lipinski definition) is 1. The standard InChI is InChI=1S/C21H20FN5O2/c1-4-27-17(9-10-23-27)13(3)25-20(28)16-11-12(2)24-21-18(16)19(26-29-21)14-5-7-15(22)8-6-14/h5-11,13H,4H2,1-3H3,(H,25,28). The van der Waals surface area contributed by atoms with Gasteiger partial charge < -0.3 is 9.84 Å². The van der Waals surface area contributed by atoms with Crippen molar-refractivity contribution in [3.05, 3.63) is 65.4 Å². The minimum absolute atomic E-state index is 0.248. The number of halogens is 1. The van der Waals surface area contributed by atoms with Crippen molar-refractivity contribution in [1.29, 1.82) is 0 Å². The maximum absolute atomic E-state index is 13.3. The van der Waals surface area contributed by atoms with Gasteiger partial charge in [0, 0.05) is 24.0 Å². The molecule has 0 aliphatic carbocycles. The second kappa shape index (κ2) is 7.46. The third-order valence-electron chi connectivity index (χ3n) is 4.78. The highest BCUT2D eigenvalue weighted by atomic mass is 19.1. The normalized spacial score (nSPS) is 12.3. The average Bonchev–Trinajstić information content (AvgIpc) is 3.34. The lowest BCUT2D eigenvalue weighted by atomic mass is 10.0. The van der Waals surface area contributed by atoms with Crippen LogP contribution < -0.4 is 5.32 Å². The molecule has 1 N–H and O–H groups in total. The number of carbonyl (C=O) groups excluding carboxylic acids is 1. The van der Waals surface area contributed by atoms with E-state index >= 15 is 0 Å². The zero-order valence-electron chi connectivity index (χ0n) is 16.3. The van der Waals surface area contributed by atoms with Crippen LogP contribution in [0.5, 0.6) is 0 Å². The van der Waals surface area contributed by atoms with Gasteiger partial charge in [-0.05, 0) is 57.2 Å². The highest BCUT2D eigenvalue weighted by molar-refractivity contribution is 6.09. The fourth-order valence-electron chi connectivity index (χ4n) is 3.38. The molecular formula is C21H20FN5O2. The number of nitrogens with zero attached hydrogens (tertiary/aromatic N) is 4. The molecule has 7 nitrogen and oxygen atoms in total. The predicted octanol–water partition coefficient (Wildman–Crippen LogP) is 4.04. The molecule has 3 aromatic heterocycles. The Morgan fingerprint density at radius 3 is 2.76 bits per heavy atom. The summed E-state index contributed by atoms with van der Waals surface area (Å²) in [6.07, 6.45) is 1.71. The van der Waals surface area contributed by atoms with Crippen molar-refractivity contribution in [3.63, 3.8) is 0 Å². The Morgan fingerprint density at radius 2 is 2.03 bits per heavy atom. The number of fused-ring (bicyclic) bond motifs is 1. The molecule has 8 heteroatoms. The molecule has 148 valence electrons. The monoisotopic (exact) mass is 393 g/mol. The minimum atomic E-state index is -0.352. The fraction of sp³-hybridized carbons (Fsp3) is 0.238. The van der Waals surface area contributed by atoms with Gasteiger partial charge in [-0.1, -0.05) is 5.16 Å². The Bertz CT molecular complexity index is 1180. The van der Waals surface area contributed by atoms with Gasteiger partial charge in [0.05, 0.1) is 22.7 Å². The zero-order valence-corrected chi connectivity index (χ0v) is 16.3. The molecule has 0 fully saturated rings. The molecule has 0 radical (unpaired) electrons. The van der Waals surface area contributed by atoms with Crippen LogP contribution in [-0.4, -0.2) is 25.8 Å². The zero-order chi connectivity index (χ0) is 20.5. The number of nitrogens with one attached hydrogen (secondary N) is 1. The van der Waals surface area contributed by atoms with E-state index in [-0.39, 0.29) is 23.5 Å². The van der Waals surface area contributed by atoms with Gasteiger partial charge in [0.1, 0.15) is 11.5 Å². The highest BCUT2D eigenvalue weighted by Crippen LogP contribution is 2.31. The van der Waals surface area contributed by atoms with Gasteiger partial charge in [-0.3, -0.25) is 9.48 Å². The van der Waals surface area contributed by atoms with Gasteiger partial charge >= 0.3 is 0 Å². The SMILES string of the molecule is CCn1nccc1C(C)NC(=O)c1cc(C)nc2onc(-c3ccc(F)cc3)c12. The van der Waals surface area contributed by atoms with E-state index in [4.69, 9.17) is 4.52 Å². The van der Waals surface area contributed by atoms with E-state index in [1.54, 1.807) is 31.3 Å². The molecule has 3 heterocycles. The van der Waals surface area contributed by atoms with Gasteiger partial charge in [-0.15, -0.1) is 0 Å². The molecule has 1 amide bonds. The lowest BCUT2D eigenvalue weighted by Crippen LogP contribution is -2.28. The third-order valence-corrected chi connectivity index (χ3v) is 4.78. The first-order valence-corrected chi connectivity index (χ1v) is 9.33. The number of pyridine rings is 1. The Labute approximate surface area is 166 Å². The Kier molecular flexibility index (Phi) is 4.84. The highest BCUT2D eigenvalue weighted by Gasteiger charge is 2.23. The van der Waals surface area contributed by atoms with E-state index in [1.165, 1.54) is 12.1 Å². The number of amides is 1. The summed E-state index contributed by atoms with van der Waals surface area (Å²) in [5, 5.41) is 11.8. The lowest BCUT2D eigenvalue weighted by Gasteiger charge is -2.16. The maximum atomic E-state index is 13.3. The first-order valence-electron chi connectivity index (χ1n) is 9.33. The Hall–Kier alpha value is -3.55. The molecule has 0 bridgehead atoms. The van der Waals surface area contributed by atoms with Crippen LogP contribution in [0.2, 0.25) is 0 Å². The summed E-state index contributed by atoms with van der Waals surface area (Å²) in [7, 11) is 0. The van der Waals surface area contributed by atoms with Crippen LogP contribution in [0.1, 0.15) is 41.6 Å². The summed E-state index contributed by atoms with van der Waals surface area (Å²) in [4.78, 5) is 17.5.